The number of aryl methyl sites for hydroxylation is 1. The fraction of sp³-hybridized carbons (Fsp3) is 0.250. The van der Waals surface area contributed by atoms with Crippen LogP contribution in [0.5, 0.6) is 0 Å². The molecule has 0 atom stereocenters. The second-order valence-corrected chi connectivity index (χ2v) is 2.70. The van der Waals surface area contributed by atoms with Crippen molar-refractivity contribution in [3.63, 3.8) is 0 Å². The van der Waals surface area contributed by atoms with Gasteiger partial charge in [0, 0.05) is 11.3 Å². The molecular weight excluding hydrogens is 220 g/mol. The van der Waals surface area contributed by atoms with Crippen molar-refractivity contribution < 1.29 is 78.9 Å². The molecule has 7 heteroatoms. The monoisotopic (exact) mass is 227 g/mol. The van der Waals surface area contributed by atoms with E-state index in [1.54, 1.807) is 0 Å². The first kappa shape index (κ1) is 17.6. The Bertz CT molecular complexity index is 386. The first-order chi connectivity index (χ1) is 5.95. The molecule has 0 radical (unpaired) electrons. The Morgan fingerprint density at radius 1 is 1.07 bits per heavy atom. The number of aromatic amines is 1. The number of aromatic carboxylic acids is 2. The summed E-state index contributed by atoms with van der Waals surface area (Å²) in [5.41, 5.74) is 0.0742. The molecule has 1 N–H and O–H groups in total. The Hall–Kier alpha value is 0.220. The van der Waals surface area contributed by atoms with Crippen LogP contribution in [0, 0.1) is 13.8 Å². The average molecular weight is 227 g/mol. The van der Waals surface area contributed by atoms with Crippen LogP contribution >= 0.6 is 0 Å². The molecule has 1 aromatic heterocycles. The predicted molar refractivity (Wildman–Crippen MR) is 38.9 cm³/mol. The number of carboxylic acids is 2. The SMILES string of the molecule is Cc1[nH]c(C(=O)[O-])c(C)c1C(=O)[O-].[Na+].[Na+]. The van der Waals surface area contributed by atoms with Crippen LogP contribution in [0.15, 0.2) is 0 Å². The van der Waals surface area contributed by atoms with Crippen LogP contribution in [0.25, 0.3) is 0 Å². The van der Waals surface area contributed by atoms with Crippen molar-refractivity contribution in [2.24, 2.45) is 0 Å². The molecule has 5 nitrogen and oxygen atoms in total. The van der Waals surface area contributed by atoms with Gasteiger partial charge in [-0.15, -0.1) is 0 Å². The number of H-pyrrole nitrogens is 1. The molecule has 1 heterocycles. The van der Waals surface area contributed by atoms with E-state index < -0.39 is 11.9 Å². The number of hydrogen-bond donors (Lipinski definition) is 1. The zero-order valence-corrected chi connectivity index (χ0v) is 13.1. The van der Waals surface area contributed by atoms with Crippen LogP contribution in [0.4, 0.5) is 0 Å². The maximum absolute atomic E-state index is 10.5. The number of rotatable bonds is 2. The van der Waals surface area contributed by atoms with Crippen LogP contribution in [0.3, 0.4) is 0 Å². The van der Waals surface area contributed by atoms with Crippen molar-refractivity contribution in [3.05, 3.63) is 22.5 Å². The Balaban J connectivity index is 0. The summed E-state index contributed by atoms with van der Waals surface area (Å²) >= 11 is 0. The summed E-state index contributed by atoms with van der Waals surface area (Å²) in [6.07, 6.45) is 0. The van der Waals surface area contributed by atoms with Crippen molar-refractivity contribution in [2.45, 2.75) is 13.8 Å². The van der Waals surface area contributed by atoms with Crippen molar-refractivity contribution in [1.82, 2.24) is 4.98 Å². The number of nitrogens with one attached hydrogen (secondary N) is 1. The molecule has 70 valence electrons. The minimum absolute atomic E-state index is 0. The van der Waals surface area contributed by atoms with Crippen LogP contribution in [-0.2, 0) is 0 Å². The van der Waals surface area contributed by atoms with Gasteiger partial charge in [0.1, 0.15) is 0 Å². The molecule has 0 spiro atoms. The molecule has 0 aliphatic rings. The molecule has 0 saturated carbocycles. The molecule has 0 amide bonds. The molecule has 1 rings (SSSR count). The second-order valence-electron chi connectivity index (χ2n) is 2.70. The van der Waals surface area contributed by atoms with Crippen molar-refractivity contribution in [1.29, 1.82) is 0 Å². The standard InChI is InChI=1S/C8H9NO4.2Na/c1-3-5(7(10)11)4(2)9-6(3)8(12)13;;/h9H,1-2H3,(H,10,11)(H,12,13);;/q;2*+1/p-2. The summed E-state index contributed by atoms with van der Waals surface area (Å²) in [7, 11) is 0. The summed E-state index contributed by atoms with van der Waals surface area (Å²) in [6.45, 7) is 2.85. The van der Waals surface area contributed by atoms with E-state index >= 15 is 0 Å². The van der Waals surface area contributed by atoms with Crippen LogP contribution in [-0.4, -0.2) is 16.9 Å². The van der Waals surface area contributed by atoms with Gasteiger partial charge in [-0.05, 0) is 19.4 Å². The Labute approximate surface area is 131 Å². The number of carbonyl (C=O) groups is 2. The molecule has 0 aliphatic heterocycles. The summed E-state index contributed by atoms with van der Waals surface area (Å²) in [5.74, 6) is -2.81. The Morgan fingerprint density at radius 2 is 1.53 bits per heavy atom. The zero-order valence-electron chi connectivity index (χ0n) is 9.13. The van der Waals surface area contributed by atoms with Gasteiger partial charge in [0.05, 0.1) is 17.6 Å². The number of carbonyl (C=O) groups excluding carboxylic acids is 2. The van der Waals surface area contributed by atoms with Gasteiger partial charge in [-0.2, -0.15) is 0 Å². The Morgan fingerprint density at radius 3 is 1.73 bits per heavy atom. The fourth-order valence-corrected chi connectivity index (χ4v) is 1.26. The minimum Gasteiger partial charge on any atom is -0.545 e. The summed E-state index contributed by atoms with van der Waals surface area (Å²) in [6, 6.07) is 0. The maximum atomic E-state index is 10.5. The molecule has 0 aliphatic carbocycles. The van der Waals surface area contributed by atoms with E-state index in [1.165, 1.54) is 13.8 Å². The zero-order chi connectivity index (χ0) is 10.2. The van der Waals surface area contributed by atoms with Crippen molar-refractivity contribution in [3.8, 4) is 0 Å². The molecule has 0 fully saturated rings. The molecular formula is C8H7NNa2O4. The van der Waals surface area contributed by atoms with Gasteiger partial charge < -0.3 is 24.8 Å². The smallest absolute Gasteiger partial charge is 0.545 e. The number of aromatic nitrogens is 1. The average Bonchev–Trinajstić information content (AvgIpc) is 2.26. The third-order valence-corrected chi connectivity index (χ3v) is 1.85. The number of hydrogen-bond acceptors (Lipinski definition) is 4. The van der Waals surface area contributed by atoms with Crippen LogP contribution < -0.4 is 69.3 Å². The van der Waals surface area contributed by atoms with E-state index in [4.69, 9.17) is 0 Å². The van der Waals surface area contributed by atoms with Crippen LogP contribution in [0.2, 0.25) is 0 Å². The molecule has 1 aromatic rings. The van der Waals surface area contributed by atoms with E-state index in [2.05, 4.69) is 4.98 Å². The molecule has 0 unspecified atom stereocenters. The third kappa shape index (κ3) is 3.62. The van der Waals surface area contributed by atoms with Gasteiger partial charge in [0.15, 0.2) is 0 Å². The first-order valence-electron chi connectivity index (χ1n) is 3.57. The largest absolute Gasteiger partial charge is 1.00 e. The molecule has 15 heavy (non-hydrogen) atoms. The van der Waals surface area contributed by atoms with E-state index in [0.29, 0.717) is 0 Å². The van der Waals surface area contributed by atoms with E-state index in [9.17, 15) is 19.8 Å². The van der Waals surface area contributed by atoms with Crippen LogP contribution in [0.1, 0.15) is 32.1 Å². The Kier molecular flexibility index (Phi) is 7.90. The normalized spacial score (nSPS) is 8.67. The quantitative estimate of drug-likeness (QED) is 0.507. The third-order valence-electron chi connectivity index (χ3n) is 1.85. The van der Waals surface area contributed by atoms with E-state index in [0.717, 1.165) is 0 Å². The predicted octanol–water partition coefficient (Wildman–Crippen LogP) is -7.63. The van der Waals surface area contributed by atoms with Crippen molar-refractivity contribution in [2.75, 3.05) is 0 Å². The fourth-order valence-electron chi connectivity index (χ4n) is 1.26. The summed E-state index contributed by atoms with van der Waals surface area (Å²) < 4.78 is 0. The van der Waals surface area contributed by atoms with Gasteiger partial charge in [0.2, 0.25) is 0 Å². The molecule has 0 aromatic carbocycles. The van der Waals surface area contributed by atoms with E-state index in [-0.39, 0.29) is 81.6 Å². The molecule has 0 bridgehead atoms. The van der Waals surface area contributed by atoms with Crippen molar-refractivity contribution >= 4 is 11.9 Å². The van der Waals surface area contributed by atoms with E-state index in [1.807, 2.05) is 0 Å². The summed E-state index contributed by atoms with van der Waals surface area (Å²) in [4.78, 5) is 23.4. The molecule has 0 saturated heterocycles. The maximum Gasteiger partial charge on any atom is 1.00 e. The second kappa shape index (κ2) is 6.73. The minimum atomic E-state index is -1.42. The summed E-state index contributed by atoms with van der Waals surface area (Å²) in [5, 5.41) is 21.0. The van der Waals surface area contributed by atoms with Gasteiger partial charge >= 0.3 is 59.1 Å². The van der Waals surface area contributed by atoms with Gasteiger partial charge in [-0.25, -0.2) is 0 Å². The number of carboxylic acid groups (broad SMARTS) is 2. The van der Waals surface area contributed by atoms with Gasteiger partial charge in [-0.1, -0.05) is 0 Å². The first-order valence-corrected chi connectivity index (χ1v) is 3.57. The topological polar surface area (TPSA) is 96.1 Å². The van der Waals surface area contributed by atoms with Gasteiger partial charge in [-0.3, -0.25) is 0 Å². The van der Waals surface area contributed by atoms with Gasteiger partial charge in [0.25, 0.3) is 0 Å².